The molecule has 1 atom stereocenters. The quantitative estimate of drug-likeness (QED) is 0.787. The summed E-state index contributed by atoms with van der Waals surface area (Å²) >= 11 is 0. The highest BCUT2D eigenvalue weighted by atomic mass is 14.9. The van der Waals surface area contributed by atoms with Crippen molar-refractivity contribution in [1.82, 2.24) is 4.98 Å². The molecule has 2 saturated carbocycles. The third-order valence-electron chi connectivity index (χ3n) is 6.23. The second-order valence-electron chi connectivity index (χ2n) is 7.17. The zero-order valence-corrected chi connectivity index (χ0v) is 12.8. The minimum absolute atomic E-state index is 0.509. The predicted octanol–water partition coefficient (Wildman–Crippen LogP) is 3.39. The number of rotatable bonds is 5. The maximum atomic E-state index is 4.06. The van der Waals surface area contributed by atoms with Crippen LogP contribution in [0.15, 0.2) is 12.7 Å². The van der Waals surface area contributed by atoms with Crippen molar-refractivity contribution < 1.29 is 0 Å². The fourth-order valence-electron chi connectivity index (χ4n) is 4.68. The number of allylic oxidation sites excluding steroid dienone is 1. The van der Waals surface area contributed by atoms with E-state index in [1.54, 1.807) is 5.56 Å². The van der Waals surface area contributed by atoms with Gasteiger partial charge in [0.25, 0.3) is 0 Å². The largest absolute Gasteiger partial charge is 0.358 e. The summed E-state index contributed by atoms with van der Waals surface area (Å²) in [4.78, 5) is 3.78. The maximum absolute atomic E-state index is 4.06. The van der Waals surface area contributed by atoms with Gasteiger partial charge in [-0.25, -0.2) is 0 Å². The number of nitrogens with one attached hydrogen (secondary N) is 1. The predicted molar refractivity (Wildman–Crippen MR) is 84.9 cm³/mol. The summed E-state index contributed by atoms with van der Waals surface area (Å²) in [6.07, 6.45) is 14.6. The molecule has 4 rings (SSSR count). The Kier molecular flexibility index (Phi) is 2.44. The van der Waals surface area contributed by atoms with Crippen LogP contribution in [-0.2, 0) is 6.42 Å². The van der Waals surface area contributed by atoms with Crippen molar-refractivity contribution in [2.45, 2.75) is 58.3 Å². The van der Waals surface area contributed by atoms with Gasteiger partial charge in [-0.2, -0.15) is 0 Å². The summed E-state index contributed by atoms with van der Waals surface area (Å²) in [5, 5.41) is 2.91. The van der Waals surface area contributed by atoms with Crippen molar-refractivity contribution in [3.05, 3.63) is 34.5 Å². The van der Waals surface area contributed by atoms with Crippen molar-refractivity contribution in [3.63, 3.8) is 0 Å². The van der Waals surface area contributed by atoms with Crippen LogP contribution >= 0.6 is 0 Å². The topological polar surface area (TPSA) is 15.8 Å². The smallest absolute Gasteiger partial charge is 0.0415 e. The van der Waals surface area contributed by atoms with E-state index in [4.69, 9.17) is 0 Å². The lowest BCUT2D eigenvalue weighted by Crippen LogP contribution is -2.26. The van der Waals surface area contributed by atoms with Crippen LogP contribution in [0.3, 0.4) is 0 Å². The molecule has 0 bridgehead atoms. The Labute approximate surface area is 121 Å². The van der Waals surface area contributed by atoms with Gasteiger partial charge in [0.2, 0.25) is 0 Å². The summed E-state index contributed by atoms with van der Waals surface area (Å²) in [7, 11) is 0. The number of fused-ring (bicyclic) bond motifs is 2. The Morgan fingerprint density at radius 2 is 2.10 bits per heavy atom. The number of hydrogen-bond acceptors (Lipinski definition) is 0. The Morgan fingerprint density at radius 1 is 1.35 bits per heavy atom. The molecule has 0 aromatic carbocycles. The molecular formula is C19H25N. The van der Waals surface area contributed by atoms with Crippen molar-refractivity contribution in [2.24, 2.45) is 10.8 Å². The molecule has 3 aliphatic carbocycles. The average molecular weight is 267 g/mol. The van der Waals surface area contributed by atoms with Crippen LogP contribution in [0.5, 0.6) is 0 Å². The molecule has 1 heterocycles. The van der Waals surface area contributed by atoms with Gasteiger partial charge in [0, 0.05) is 17.0 Å². The lowest BCUT2D eigenvalue weighted by atomic mass is 9.90. The van der Waals surface area contributed by atoms with Crippen molar-refractivity contribution >= 4 is 12.2 Å². The molecule has 1 aromatic heterocycles. The Morgan fingerprint density at radius 3 is 2.75 bits per heavy atom. The first-order valence-corrected chi connectivity index (χ1v) is 8.22. The van der Waals surface area contributed by atoms with Crippen LogP contribution in [0.4, 0.5) is 0 Å². The SMILES string of the molecule is C=CC12CC1(C(C)c1[nH]c3c(c1CCC)=CCCC=3)C2. The summed E-state index contributed by atoms with van der Waals surface area (Å²) < 4.78 is 0. The van der Waals surface area contributed by atoms with Gasteiger partial charge in [-0.3, -0.25) is 0 Å². The van der Waals surface area contributed by atoms with Gasteiger partial charge in [0.1, 0.15) is 0 Å². The highest BCUT2D eigenvalue weighted by Gasteiger charge is 2.83. The van der Waals surface area contributed by atoms with Crippen LogP contribution in [-0.4, -0.2) is 4.98 Å². The summed E-state index contributed by atoms with van der Waals surface area (Å²) in [6, 6.07) is 0. The standard InChI is InChI=1S/C19H25N/c1-4-8-15-14-9-6-7-10-16(14)20-17(15)13(3)19-11-18(19,5-2)12-19/h5,9-10,13,20H,2,4,6-8,11-12H2,1,3H3. The Hall–Kier alpha value is -1.24. The van der Waals surface area contributed by atoms with Gasteiger partial charge in [-0.1, -0.05) is 38.5 Å². The van der Waals surface area contributed by atoms with E-state index in [9.17, 15) is 0 Å². The fraction of sp³-hybridized carbons (Fsp3) is 0.579. The molecule has 1 N–H and O–H groups in total. The molecule has 3 aliphatic rings. The summed E-state index contributed by atoms with van der Waals surface area (Å²) in [6.45, 7) is 8.79. The van der Waals surface area contributed by atoms with Crippen LogP contribution in [0, 0.1) is 10.8 Å². The third-order valence-corrected chi connectivity index (χ3v) is 6.23. The molecule has 1 nitrogen and oxygen atoms in total. The van der Waals surface area contributed by atoms with Gasteiger partial charge >= 0.3 is 0 Å². The maximum Gasteiger partial charge on any atom is 0.0415 e. The summed E-state index contributed by atoms with van der Waals surface area (Å²) in [5.74, 6) is 0.662. The van der Waals surface area contributed by atoms with Crippen molar-refractivity contribution in [1.29, 1.82) is 0 Å². The highest BCUT2D eigenvalue weighted by molar-refractivity contribution is 5.47. The van der Waals surface area contributed by atoms with Crippen molar-refractivity contribution in [2.75, 3.05) is 0 Å². The van der Waals surface area contributed by atoms with Crippen LogP contribution < -0.4 is 10.6 Å². The zero-order valence-electron chi connectivity index (χ0n) is 12.8. The number of aromatic nitrogens is 1. The molecule has 1 heteroatoms. The molecule has 0 saturated heterocycles. The second kappa shape index (κ2) is 3.90. The average Bonchev–Trinajstić information content (AvgIpc) is 3.24. The molecule has 20 heavy (non-hydrogen) atoms. The molecule has 1 aromatic rings. The van der Waals surface area contributed by atoms with E-state index in [-0.39, 0.29) is 0 Å². The van der Waals surface area contributed by atoms with Crippen LogP contribution in [0.25, 0.3) is 12.2 Å². The number of H-pyrrole nitrogens is 1. The molecule has 1 unspecified atom stereocenters. The van der Waals surface area contributed by atoms with Crippen LogP contribution in [0.2, 0.25) is 0 Å². The lowest BCUT2D eigenvalue weighted by molar-refractivity contribution is 0.521. The van der Waals surface area contributed by atoms with Gasteiger partial charge in [0.05, 0.1) is 0 Å². The molecule has 0 aliphatic heterocycles. The van der Waals surface area contributed by atoms with Gasteiger partial charge in [-0.05, 0) is 53.7 Å². The zero-order chi connectivity index (χ0) is 14.0. The summed E-state index contributed by atoms with van der Waals surface area (Å²) in [5.41, 5.74) is 4.21. The van der Waals surface area contributed by atoms with E-state index < -0.39 is 0 Å². The van der Waals surface area contributed by atoms with Gasteiger partial charge in [-0.15, -0.1) is 6.58 Å². The fourth-order valence-corrected chi connectivity index (χ4v) is 4.68. The van der Waals surface area contributed by atoms with E-state index in [0.29, 0.717) is 16.7 Å². The van der Waals surface area contributed by atoms with E-state index in [0.717, 1.165) is 0 Å². The molecule has 0 radical (unpaired) electrons. The molecular weight excluding hydrogens is 242 g/mol. The Balaban J connectivity index is 1.79. The second-order valence-corrected chi connectivity index (χ2v) is 7.17. The molecule has 106 valence electrons. The van der Waals surface area contributed by atoms with Gasteiger partial charge in [0.15, 0.2) is 0 Å². The third kappa shape index (κ3) is 1.39. The minimum Gasteiger partial charge on any atom is -0.358 e. The van der Waals surface area contributed by atoms with Gasteiger partial charge < -0.3 is 4.98 Å². The molecule has 0 amide bonds. The molecule has 2 fully saturated rings. The van der Waals surface area contributed by atoms with Crippen LogP contribution in [0.1, 0.15) is 63.1 Å². The minimum atomic E-state index is 0.509. The normalized spacial score (nSPS) is 34.3. The Bertz CT molecular complexity index is 682. The number of aromatic amines is 1. The lowest BCUT2D eigenvalue weighted by Gasteiger charge is -2.15. The van der Waals surface area contributed by atoms with E-state index in [2.05, 4.69) is 43.6 Å². The first-order chi connectivity index (χ1) is 9.67. The first-order valence-electron chi connectivity index (χ1n) is 8.22. The number of hydrogen-bond donors (Lipinski definition) is 1. The monoisotopic (exact) mass is 267 g/mol. The highest BCUT2D eigenvalue weighted by Crippen LogP contribution is 2.90. The first kappa shape index (κ1) is 12.5. The van der Waals surface area contributed by atoms with Crippen molar-refractivity contribution in [3.8, 4) is 0 Å². The molecule has 0 spiro atoms. The van der Waals surface area contributed by atoms with E-state index in [1.165, 1.54) is 54.8 Å². The van der Waals surface area contributed by atoms with E-state index in [1.807, 2.05) is 0 Å². The van der Waals surface area contributed by atoms with E-state index >= 15 is 0 Å².